The SMILES string of the molecule is [2H]c1c([2H])c(B2OC(C)(C)C(C)(C)O2)n(C)c1[2H]. The average molecular weight is 210 g/mol. The summed E-state index contributed by atoms with van der Waals surface area (Å²) in [6, 6.07) is -0.0942. The van der Waals surface area contributed by atoms with Crippen LogP contribution >= 0.6 is 0 Å². The van der Waals surface area contributed by atoms with Gasteiger partial charge < -0.3 is 13.9 Å². The van der Waals surface area contributed by atoms with Crippen LogP contribution in [-0.4, -0.2) is 22.9 Å². The molecule has 1 aliphatic rings. The second kappa shape index (κ2) is 3.13. The van der Waals surface area contributed by atoms with Crippen molar-refractivity contribution in [2.24, 2.45) is 7.05 Å². The maximum Gasteiger partial charge on any atom is 0.512 e. The number of hydrogen-bond donors (Lipinski definition) is 0. The third-order valence-corrected chi connectivity index (χ3v) is 3.25. The Morgan fingerprint density at radius 3 is 2.20 bits per heavy atom. The van der Waals surface area contributed by atoms with Gasteiger partial charge in [0.25, 0.3) is 0 Å². The highest BCUT2D eigenvalue weighted by Gasteiger charge is 2.52. The van der Waals surface area contributed by atoms with Gasteiger partial charge in [-0.3, -0.25) is 0 Å². The molecule has 2 rings (SSSR count). The Morgan fingerprint density at radius 2 is 1.80 bits per heavy atom. The minimum Gasteiger partial charge on any atom is -0.398 e. The highest BCUT2D eigenvalue weighted by atomic mass is 16.7. The Kier molecular flexibility index (Phi) is 1.57. The summed E-state index contributed by atoms with van der Waals surface area (Å²) < 4.78 is 36.4. The lowest BCUT2D eigenvalue weighted by atomic mass is 9.85. The molecular weight excluding hydrogens is 189 g/mol. The first kappa shape index (κ1) is 7.52. The van der Waals surface area contributed by atoms with E-state index in [4.69, 9.17) is 13.4 Å². The fourth-order valence-electron chi connectivity index (χ4n) is 1.49. The van der Waals surface area contributed by atoms with Crippen molar-refractivity contribution in [1.29, 1.82) is 0 Å². The van der Waals surface area contributed by atoms with Crippen molar-refractivity contribution in [2.75, 3.05) is 0 Å². The van der Waals surface area contributed by atoms with Gasteiger partial charge in [0.2, 0.25) is 0 Å². The van der Waals surface area contributed by atoms with Gasteiger partial charge >= 0.3 is 7.12 Å². The molecule has 1 fully saturated rings. The van der Waals surface area contributed by atoms with Gasteiger partial charge in [-0.1, -0.05) is 0 Å². The summed E-state index contributed by atoms with van der Waals surface area (Å²) in [6.07, 6.45) is 0.00436. The molecule has 0 unspecified atom stereocenters. The normalized spacial score (nSPS) is 26.2. The van der Waals surface area contributed by atoms with Crippen LogP contribution in [-0.2, 0) is 16.4 Å². The summed E-state index contributed by atoms with van der Waals surface area (Å²) in [5.41, 5.74) is -0.541. The van der Waals surface area contributed by atoms with E-state index in [1.807, 2.05) is 27.7 Å². The first-order valence-corrected chi connectivity index (χ1v) is 5.06. The molecule has 0 saturated carbocycles. The molecule has 0 radical (unpaired) electrons. The van der Waals surface area contributed by atoms with E-state index in [1.165, 1.54) is 4.57 Å². The Bertz CT molecular complexity index is 457. The zero-order valence-corrected chi connectivity index (χ0v) is 9.84. The number of aromatic nitrogens is 1. The lowest BCUT2D eigenvalue weighted by Crippen LogP contribution is -2.41. The lowest BCUT2D eigenvalue weighted by Gasteiger charge is -2.32. The molecule has 0 aromatic carbocycles. The third-order valence-electron chi connectivity index (χ3n) is 3.25. The van der Waals surface area contributed by atoms with Crippen LogP contribution in [0.15, 0.2) is 18.3 Å². The molecule has 0 N–H and O–H groups in total. The maximum atomic E-state index is 7.89. The summed E-state index contributed by atoms with van der Waals surface area (Å²) in [7, 11) is 0.953. The van der Waals surface area contributed by atoms with Crippen LogP contribution in [0.3, 0.4) is 0 Å². The molecule has 15 heavy (non-hydrogen) atoms. The molecular formula is C11H18BNO2. The molecule has 0 atom stereocenters. The van der Waals surface area contributed by atoms with Gasteiger partial charge in [-0.05, 0) is 39.8 Å². The second-order valence-corrected chi connectivity index (χ2v) is 4.89. The van der Waals surface area contributed by atoms with E-state index < -0.39 is 18.3 Å². The van der Waals surface area contributed by atoms with Gasteiger partial charge in [-0.15, -0.1) is 0 Å². The highest BCUT2D eigenvalue weighted by molar-refractivity contribution is 6.61. The van der Waals surface area contributed by atoms with Crippen LogP contribution in [0.1, 0.15) is 31.8 Å². The Hall–Kier alpha value is -0.735. The Balaban J connectivity index is 2.45. The number of hydrogen-bond acceptors (Lipinski definition) is 2. The second-order valence-electron chi connectivity index (χ2n) is 4.89. The topological polar surface area (TPSA) is 23.4 Å². The first-order valence-electron chi connectivity index (χ1n) is 6.56. The summed E-state index contributed by atoms with van der Waals surface area (Å²) in [6.45, 7) is 7.73. The summed E-state index contributed by atoms with van der Waals surface area (Å²) in [5, 5.41) is 0. The van der Waals surface area contributed by atoms with Gasteiger partial charge in [-0.2, -0.15) is 0 Å². The predicted molar refractivity (Wildman–Crippen MR) is 61.1 cm³/mol. The van der Waals surface area contributed by atoms with Gasteiger partial charge in [0.1, 0.15) is 0 Å². The molecule has 4 heteroatoms. The van der Waals surface area contributed by atoms with Crippen LogP contribution < -0.4 is 5.59 Å². The number of nitrogens with zero attached hydrogens (tertiary/aromatic N) is 1. The highest BCUT2D eigenvalue weighted by Crippen LogP contribution is 2.36. The smallest absolute Gasteiger partial charge is 0.398 e. The van der Waals surface area contributed by atoms with Gasteiger partial charge in [-0.25, -0.2) is 0 Å². The predicted octanol–water partition coefficient (Wildman–Crippen LogP) is 1.32. The molecule has 1 aromatic rings. The molecule has 1 aliphatic heterocycles. The largest absolute Gasteiger partial charge is 0.512 e. The Labute approximate surface area is 95.7 Å². The standard InChI is InChI=1S/C11H18BNO2/c1-10(2)11(3,4)15-12(14-10)9-7-6-8-13(9)5/h6-8H,1-5H3/i6D,7D,8D. The first-order chi connectivity index (χ1) is 8.08. The van der Waals surface area contributed by atoms with Gasteiger partial charge in [0, 0.05) is 18.8 Å². The zero-order chi connectivity index (χ0) is 13.9. The molecule has 0 aliphatic carbocycles. The monoisotopic (exact) mass is 210 g/mol. The van der Waals surface area contributed by atoms with Crippen molar-refractivity contribution in [2.45, 2.75) is 38.9 Å². The molecule has 2 heterocycles. The van der Waals surface area contributed by atoms with Crippen LogP contribution in [0.25, 0.3) is 0 Å². The summed E-state index contributed by atoms with van der Waals surface area (Å²) >= 11 is 0. The van der Waals surface area contributed by atoms with Gasteiger partial charge in [0.05, 0.1) is 15.3 Å². The van der Waals surface area contributed by atoms with E-state index in [9.17, 15) is 0 Å². The average Bonchev–Trinajstić information content (AvgIpc) is 2.55. The summed E-state index contributed by atoms with van der Waals surface area (Å²) in [5.74, 6) is 0. The minimum absolute atomic E-state index is 0.000926. The van der Waals surface area contributed by atoms with Crippen molar-refractivity contribution < 1.29 is 13.4 Å². The fourth-order valence-corrected chi connectivity index (χ4v) is 1.49. The summed E-state index contributed by atoms with van der Waals surface area (Å²) in [4.78, 5) is 0. The molecule has 3 nitrogen and oxygen atoms in total. The number of rotatable bonds is 1. The van der Waals surface area contributed by atoms with E-state index in [2.05, 4.69) is 0 Å². The van der Waals surface area contributed by atoms with E-state index in [-0.39, 0.29) is 18.3 Å². The zero-order valence-electron chi connectivity index (χ0n) is 12.8. The quantitative estimate of drug-likeness (QED) is 0.652. The molecule has 82 valence electrons. The molecule has 0 spiro atoms. The molecule has 0 amide bonds. The van der Waals surface area contributed by atoms with Crippen molar-refractivity contribution in [3.8, 4) is 0 Å². The van der Waals surface area contributed by atoms with Crippen LogP contribution in [0.2, 0.25) is 0 Å². The lowest BCUT2D eigenvalue weighted by molar-refractivity contribution is 0.00578. The van der Waals surface area contributed by atoms with Crippen molar-refractivity contribution in [3.05, 3.63) is 18.3 Å². The van der Waals surface area contributed by atoms with Crippen LogP contribution in [0, 0.1) is 0 Å². The van der Waals surface area contributed by atoms with Crippen LogP contribution in [0.5, 0.6) is 0 Å². The molecule has 1 saturated heterocycles. The van der Waals surface area contributed by atoms with Crippen molar-refractivity contribution in [1.82, 2.24) is 4.57 Å². The molecule has 1 aromatic heterocycles. The van der Waals surface area contributed by atoms with E-state index in [0.29, 0.717) is 5.59 Å². The fraction of sp³-hybridized carbons (Fsp3) is 0.636. The minimum atomic E-state index is -0.698. The van der Waals surface area contributed by atoms with E-state index in [1.54, 1.807) is 7.05 Å². The van der Waals surface area contributed by atoms with Crippen molar-refractivity contribution in [3.63, 3.8) is 0 Å². The molecule has 0 bridgehead atoms. The van der Waals surface area contributed by atoms with Crippen LogP contribution in [0.4, 0.5) is 0 Å². The maximum absolute atomic E-state index is 7.89. The Morgan fingerprint density at radius 1 is 1.27 bits per heavy atom. The van der Waals surface area contributed by atoms with Gasteiger partial charge in [0.15, 0.2) is 0 Å². The van der Waals surface area contributed by atoms with Crippen molar-refractivity contribution >= 4 is 12.7 Å². The van der Waals surface area contributed by atoms with E-state index in [0.717, 1.165) is 0 Å². The third kappa shape index (κ3) is 1.62. The van der Waals surface area contributed by atoms with E-state index >= 15 is 0 Å².